The maximum Gasteiger partial charge on any atom is 0.411 e. The molecule has 0 unspecified atom stereocenters. The van der Waals surface area contributed by atoms with Crippen LogP contribution in [0.4, 0.5) is 16.3 Å². The fourth-order valence-electron chi connectivity index (χ4n) is 2.93. The van der Waals surface area contributed by atoms with Crippen LogP contribution in [0.25, 0.3) is 0 Å². The second-order valence-corrected chi connectivity index (χ2v) is 6.10. The fourth-order valence-corrected chi connectivity index (χ4v) is 2.93. The molecule has 0 spiro atoms. The van der Waals surface area contributed by atoms with Crippen molar-refractivity contribution >= 4 is 17.6 Å². The van der Waals surface area contributed by atoms with Gasteiger partial charge in [-0.1, -0.05) is 12.1 Å². The Labute approximate surface area is 159 Å². The molecule has 1 aliphatic rings. The van der Waals surface area contributed by atoms with Crippen molar-refractivity contribution in [1.82, 2.24) is 15.1 Å². The van der Waals surface area contributed by atoms with E-state index in [2.05, 4.69) is 25.3 Å². The zero-order chi connectivity index (χ0) is 18.9. The average Bonchev–Trinajstić information content (AvgIpc) is 2.71. The quantitative estimate of drug-likeness (QED) is 0.799. The zero-order valence-corrected chi connectivity index (χ0v) is 15.5. The molecular weight excluding hydrogens is 346 g/mol. The number of hydrogen-bond acceptors (Lipinski definition) is 7. The van der Waals surface area contributed by atoms with Crippen LogP contribution < -0.4 is 15.0 Å². The molecule has 1 amide bonds. The average molecular weight is 371 g/mol. The van der Waals surface area contributed by atoms with Gasteiger partial charge in [-0.3, -0.25) is 10.2 Å². The largest absolute Gasteiger partial charge is 0.492 e. The van der Waals surface area contributed by atoms with Gasteiger partial charge in [0.1, 0.15) is 12.4 Å². The van der Waals surface area contributed by atoms with E-state index in [0.717, 1.165) is 32.0 Å². The van der Waals surface area contributed by atoms with Gasteiger partial charge in [0, 0.05) is 38.9 Å². The Morgan fingerprint density at radius 2 is 1.96 bits per heavy atom. The second-order valence-electron chi connectivity index (χ2n) is 6.10. The number of para-hydroxylation sites is 2. The van der Waals surface area contributed by atoms with Gasteiger partial charge in [0.15, 0.2) is 5.82 Å². The Morgan fingerprint density at radius 3 is 2.70 bits per heavy atom. The predicted molar refractivity (Wildman–Crippen MR) is 103 cm³/mol. The van der Waals surface area contributed by atoms with Crippen LogP contribution in [0, 0.1) is 0 Å². The monoisotopic (exact) mass is 371 g/mol. The SMILES string of the molecule is CCOc1ccccc1NC(=O)OCCN1CCN(c2cccnn2)CC1. The molecule has 0 radical (unpaired) electrons. The third-order valence-electron chi connectivity index (χ3n) is 4.32. The lowest BCUT2D eigenvalue weighted by Crippen LogP contribution is -2.47. The van der Waals surface area contributed by atoms with E-state index < -0.39 is 6.09 Å². The van der Waals surface area contributed by atoms with Gasteiger partial charge in [0.25, 0.3) is 0 Å². The topological polar surface area (TPSA) is 79.8 Å². The summed E-state index contributed by atoms with van der Waals surface area (Å²) in [5.74, 6) is 1.54. The number of aromatic nitrogens is 2. The van der Waals surface area contributed by atoms with Crippen LogP contribution in [0.3, 0.4) is 0 Å². The van der Waals surface area contributed by atoms with Crippen LogP contribution in [0.2, 0.25) is 0 Å². The van der Waals surface area contributed by atoms with E-state index >= 15 is 0 Å². The number of hydrogen-bond donors (Lipinski definition) is 1. The summed E-state index contributed by atoms with van der Waals surface area (Å²) in [6, 6.07) is 11.2. The van der Waals surface area contributed by atoms with Crippen molar-refractivity contribution < 1.29 is 14.3 Å². The first-order chi connectivity index (χ1) is 13.3. The summed E-state index contributed by atoms with van der Waals surface area (Å²) in [6.07, 6.45) is 1.20. The molecule has 3 rings (SSSR count). The van der Waals surface area contributed by atoms with Crippen molar-refractivity contribution in [3.8, 4) is 5.75 Å². The molecule has 27 heavy (non-hydrogen) atoms. The molecule has 0 bridgehead atoms. The standard InChI is InChI=1S/C19H25N5O3/c1-2-26-17-7-4-3-6-16(17)21-19(25)27-15-14-23-10-12-24(13-11-23)18-8-5-9-20-22-18/h3-9H,2,10-15H2,1H3,(H,21,25). The molecule has 1 N–H and O–H groups in total. The molecule has 2 aromatic rings. The van der Waals surface area contributed by atoms with Crippen LogP contribution in [-0.4, -0.2) is 67.1 Å². The molecular formula is C19H25N5O3. The van der Waals surface area contributed by atoms with Crippen LogP contribution in [0.15, 0.2) is 42.6 Å². The lowest BCUT2D eigenvalue weighted by atomic mass is 10.3. The van der Waals surface area contributed by atoms with Gasteiger partial charge >= 0.3 is 6.09 Å². The normalized spacial score (nSPS) is 14.6. The van der Waals surface area contributed by atoms with Crippen LogP contribution in [0.5, 0.6) is 5.75 Å². The molecule has 1 fully saturated rings. The fraction of sp³-hybridized carbons (Fsp3) is 0.421. The highest BCUT2D eigenvalue weighted by atomic mass is 16.5. The van der Waals surface area contributed by atoms with Crippen molar-refractivity contribution in [2.24, 2.45) is 0 Å². The Kier molecular flexibility index (Phi) is 6.81. The van der Waals surface area contributed by atoms with Gasteiger partial charge in [-0.25, -0.2) is 4.79 Å². The minimum atomic E-state index is -0.472. The van der Waals surface area contributed by atoms with Crippen molar-refractivity contribution in [2.45, 2.75) is 6.92 Å². The molecule has 1 saturated heterocycles. The van der Waals surface area contributed by atoms with Crippen molar-refractivity contribution in [3.05, 3.63) is 42.6 Å². The molecule has 0 aliphatic carbocycles. The first-order valence-electron chi connectivity index (χ1n) is 9.17. The maximum absolute atomic E-state index is 12.0. The van der Waals surface area contributed by atoms with E-state index in [9.17, 15) is 4.79 Å². The van der Waals surface area contributed by atoms with Gasteiger partial charge < -0.3 is 14.4 Å². The number of nitrogens with zero attached hydrogens (tertiary/aromatic N) is 4. The van der Waals surface area contributed by atoms with E-state index in [1.165, 1.54) is 0 Å². The van der Waals surface area contributed by atoms with Crippen molar-refractivity contribution in [2.75, 3.05) is 56.2 Å². The smallest absolute Gasteiger partial charge is 0.411 e. The van der Waals surface area contributed by atoms with E-state index in [0.29, 0.717) is 31.2 Å². The molecule has 1 aromatic heterocycles. The number of amides is 1. The first kappa shape index (κ1) is 18.9. The third kappa shape index (κ3) is 5.55. The van der Waals surface area contributed by atoms with Crippen LogP contribution in [-0.2, 0) is 4.74 Å². The number of anilines is 2. The van der Waals surface area contributed by atoms with Crippen molar-refractivity contribution in [3.63, 3.8) is 0 Å². The van der Waals surface area contributed by atoms with Gasteiger partial charge in [0.05, 0.1) is 12.3 Å². The molecule has 0 atom stereocenters. The Hall–Kier alpha value is -2.87. The summed E-state index contributed by atoms with van der Waals surface area (Å²) in [5, 5.41) is 10.8. The van der Waals surface area contributed by atoms with Gasteiger partial charge in [0.2, 0.25) is 0 Å². The number of ether oxygens (including phenoxy) is 2. The molecule has 0 saturated carbocycles. The minimum Gasteiger partial charge on any atom is -0.492 e. The summed E-state index contributed by atoms with van der Waals surface area (Å²) >= 11 is 0. The van der Waals surface area contributed by atoms with Gasteiger partial charge in [-0.05, 0) is 31.2 Å². The lowest BCUT2D eigenvalue weighted by Gasteiger charge is -2.34. The Bertz CT molecular complexity index is 720. The Balaban J connectivity index is 1.37. The zero-order valence-electron chi connectivity index (χ0n) is 15.5. The predicted octanol–water partition coefficient (Wildman–Crippen LogP) is 2.25. The number of nitrogens with one attached hydrogen (secondary N) is 1. The lowest BCUT2D eigenvalue weighted by molar-refractivity contribution is 0.137. The first-order valence-corrected chi connectivity index (χ1v) is 9.17. The van der Waals surface area contributed by atoms with Crippen LogP contribution >= 0.6 is 0 Å². The number of benzene rings is 1. The molecule has 1 aliphatic heterocycles. The van der Waals surface area contributed by atoms with Gasteiger partial charge in [-0.15, -0.1) is 5.10 Å². The van der Waals surface area contributed by atoms with E-state index in [4.69, 9.17) is 9.47 Å². The summed E-state index contributed by atoms with van der Waals surface area (Å²) in [5.41, 5.74) is 0.613. The van der Waals surface area contributed by atoms with Crippen LogP contribution in [0.1, 0.15) is 6.92 Å². The van der Waals surface area contributed by atoms with E-state index in [-0.39, 0.29) is 0 Å². The Morgan fingerprint density at radius 1 is 1.15 bits per heavy atom. The third-order valence-corrected chi connectivity index (χ3v) is 4.32. The summed E-state index contributed by atoms with van der Waals surface area (Å²) in [7, 11) is 0. The second kappa shape index (κ2) is 9.72. The molecule has 144 valence electrons. The summed E-state index contributed by atoms with van der Waals surface area (Å²) in [4.78, 5) is 16.5. The highest BCUT2D eigenvalue weighted by molar-refractivity contribution is 5.86. The minimum absolute atomic E-state index is 0.341. The number of rotatable bonds is 7. The van der Waals surface area contributed by atoms with E-state index in [1.807, 2.05) is 37.3 Å². The van der Waals surface area contributed by atoms with Gasteiger partial charge in [-0.2, -0.15) is 5.10 Å². The number of carbonyl (C=O) groups is 1. The highest BCUT2D eigenvalue weighted by Gasteiger charge is 2.18. The molecule has 8 nitrogen and oxygen atoms in total. The highest BCUT2D eigenvalue weighted by Crippen LogP contribution is 2.23. The summed E-state index contributed by atoms with van der Waals surface area (Å²) in [6.45, 7) is 7.04. The maximum atomic E-state index is 12.0. The molecule has 1 aromatic carbocycles. The van der Waals surface area contributed by atoms with E-state index in [1.54, 1.807) is 12.3 Å². The number of carbonyl (C=O) groups excluding carboxylic acids is 1. The number of piperazine rings is 1. The van der Waals surface area contributed by atoms with Crippen molar-refractivity contribution in [1.29, 1.82) is 0 Å². The summed E-state index contributed by atoms with van der Waals surface area (Å²) < 4.78 is 10.8. The molecule has 2 heterocycles. The molecule has 8 heteroatoms.